The molecule has 0 aliphatic heterocycles. The van der Waals surface area contributed by atoms with Crippen molar-refractivity contribution < 1.29 is 9.53 Å². The molecule has 1 aromatic heterocycles. The molecule has 2 aromatic carbocycles. The lowest BCUT2D eigenvalue weighted by atomic mass is 10.1. The second-order valence-electron chi connectivity index (χ2n) is 6.39. The number of ketones is 1. The number of nitrogens with zero attached hydrogens (tertiary/aromatic N) is 2. The van der Waals surface area contributed by atoms with Crippen LogP contribution in [0.1, 0.15) is 29.3 Å². The number of thioether (sulfide) groups is 1. The third-order valence-corrected chi connectivity index (χ3v) is 5.88. The molecular weight excluding hydrogens is 360 g/mol. The summed E-state index contributed by atoms with van der Waals surface area (Å²) in [5.41, 5.74) is 2.19. The molecule has 0 saturated heterocycles. The van der Waals surface area contributed by atoms with Crippen molar-refractivity contribution in [1.82, 2.24) is 9.55 Å². The molecular formula is C21H22N2O3S. The van der Waals surface area contributed by atoms with E-state index in [1.54, 1.807) is 38.4 Å². The van der Waals surface area contributed by atoms with Crippen LogP contribution in [-0.2, 0) is 7.05 Å². The van der Waals surface area contributed by atoms with E-state index in [0.29, 0.717) is 33.8 Å². The van der Waals surface area contributed by atoms with Crippen molar-refractivity contribution in [3.63, 3.8) is 0 Å². The highest BCUT2D eigenvalue weighted by Crippen LogP contribution is 2.27. The minimum Gasteiger partial charge on any atom is -0.497 e. The van der Waals surface area contributed by atoms with Crippen molar-refractivity contribution in [2.45, 2.75) is 30.7 Å². The van der Waals surface area contributed by atoms with Crippen LogP contribution in [0.2, 0.25) is 0 Å². The van der Waals surface area contributed by atoms with E-state index in [2.05, 4.69) is 4.98 Å². The van der Waals surface area contributed by atoms with Crippen molar-refractivity contribution in [3.05, 3.63) is 63.9 Å². The number of fused-ring (bicyclic) bond motifs is 1. The molecule has 0 amide bonds. The van der Waals surface area contributed by atoms with Crippen LogP contribution < -0.4 is 10.3 Å². The summed E-state index contributed by atoms with van der Waals surface area (Å²) in [6, 6.07) is 12.7. The summed E-state index contributed by atoms with van der Waals surface area (Å²) in [4.78, 5) is 30.2. The Labute approximate surface area is 162 Å². The van der Waals surface area contributed by atoms with Crippen LogP contribution >= 0.6 is 11.8 Å². The van der Waals surface area contributed by atoms with Gasteiger partial charge in [0.2, 0.25) is 0 Å². The number of carbonyl (C=O) groups is 1. The molecule has 140 valence electrons. The van der Waals surface area contributed by atoms with E-state index in [4.69, 9.17) is 4.74 Å². The summed E-state index contributed by atoms with van der Waals surface area (Å²) >= 11 is 1.33. The van der Waals surface area contributed by atoms with Gasteiger partial charge in [-0.25, -0.2) is 4.98 Å². The zero-order valence-electron chi connectivity index (χ0n) is 15.9. The Balaban J connectivity index is 1.94. The number of hydrogen-bond donors (Lipinski definition) is 0. The summed E-state index contributed by atoms with van der Waals surface area (Å²) in [7, 11) is 3.29. The van der Waals surface area contributed by atoms with Gasteiger partial charge in [0.1, 0.15) is 5.75 Å². The number of hydrogen-bond acceptors (Lipinski definition) is 5. The van der Waals surface area contributed by atoms with E-state index < -0.39 is 0 Å². The Morgan fingerprint density at radius 1 is 1.22 bits per heavy atom. The van der Waals surface area contributed by atoms with Crippen molar-refractivity contribution in [1.29, 1.82) is 0 Å². The maximum Gasteiger partial charge on any atom is 0.261 e. The number of methoxy groups -OCH3 is 1. The molecule has 0 radical (unpaired) electrons. The van der Waals surface area contributed by atoms with Gasteiger partial charge >= 0.3 is 0 Å². The zero-order valence-corrected chi connectivity index (χ0v) is 16.7. The van der Waals surface area contributed by atoms with E-state index in [1.807, 2.05) is 32.0 Å². The Morgan fingerprint density at radius 3 is 2.56 bits per heavy atom. The predicted octanol–water partition coefficient (Wildman–Crippen LogP) is 4.00. The number of carbonyl (C=O) groups excluding carboxylic acids is 1. The molecule has 3 aromatic rings. The molecule has 1 atom stereocenters. The van der Waals surface area contributed by atoms with Gasteiger partial charge in [0, 0.05) is 12.6 Å². The van der Waals surface area contributed by atoms with Crippen LogP contribution in [0.15, 0.2) is 52.4 Å². The van der Waals surface area contributed by atoms with Crippen molar-refractivity contribution in [3.8, 4) is 5.75 Å². The molecule has 0 aliphatic carbocycles. The van der Waals surface area contributed by atoms with Crippen LogP contribution in [0.3, 0.4) is 0 Å². The maximum absolute atomic E-state index is 12.9. The van der Waals surface area contributed by atoms with E-state index in [-0.39, 0.29) is 16.6 Å². The molecule has 0 fully saturated rings. The minimum absolute atomic E-state index is 0.0170. The molecule has 1 unspecified atom stereocenters. The first-order valence-corrected chi connectivity index (χ1v) is 9.65. The van der Waals surface area contributed by atoms with Gasteiger partial charge in [0.05, 0.1) is 23.3 Å². The fourth-order valence-corrected chi connectivity index (χ4v) is 3.92. The minimum atomic E-state index is -0.320. The number of benzene rings is 2. The third kappa shape index (κ3) is 3.90. The average Bonchev–Trinajstić information content (AvgIpc) is 2.69. The smallest absolute Gasteiger partial charge is 0.261 e. The van der Waals surface area contributed by atoms with Gasteiger partial charge in [-0.3, -0.25) is 14.2 Å². The van der Waals surface area contributed by atoms with Crippen LogP contribution in [-0.4, -0.2) is 27.7 Å². The molecule has 5 nitrogen and oxygen atoms in total. The number of aryl methyl sites for hydroxylation is 1. The molecule has 1 heterocycles. The second kappa shape index (κ2) is 7.96. The van der Waals surface area contributed by atoms with Crippen LogP contribution in [0, 0.1) is 6.92 Å². The van der Waals surface area contributed by atoms with Crippen molar-refractivity contribution >= 4 is 28.4 Å². The Kier molecular flexibility index (Phi) is 5.65. The van der Waals surface area contributed by atoms with Crippen molar-refractivity contribution in [2.75, 3.05) is 7.11 Å². The van der Waals surface area contributed by atoms with Gasteiger partial charge in [-0.2, -0.15) is 0 Å². The molecule has 0 aliphatic rings. The average molecular weight is 382 g/mol. The number of ether oxygens (including phenoxy) is 1. The highest BCUT2D eigenvalue weighted by molar-refractivity contribution is 8.00. The quantitative estimate of drug-likeness (QED) is 0.366. The van der Waals surface area contributed by atoms with Gasteiger partial charge in [-0.1, -0.05) is 30.3 Å². The van der Waals surface area contributed by atoms with E-state index in [1.165, 1.54) is 16.3 Å². The summed E-state index contributed by atoms with van der Waals surface area (Å²) in [5, 5.41) is 0.820. The molecule has 6 heteroatoms. The Morgan fingerprint density at radius 2 is 1.93 bits per heavy atom. The number of rotatable bonds is 6. The third-order valence-electron chi connectivity index (χ3n) is 4.48. The summed E-state index contributed by atoms with van der Waals surface area (Å²) in [6.45, 7) is 3.91. The molecule has 0 N–H and O–H groups in total. The van der Waals surface area contributed by atoms with Crippen LogP contribution in [0.4, 0.5) is 0 Å². The molecule has 0 bridgehead atoms. The first-order chi connectivity index (χ1) is 12.9. The SMILES string of the molecule is CCC(Sc1nc2ccc(C)cc2c(=O)n1C)C(=O)c1ccc(OC)cc1. The lowest BCUT2D eigenvalue weighted by Crippen LogP contribution is -2.23. The van der Waals surface area contributed by atoms with Gasteiger partial charge < -0.3 is 4.74 Å². The largest absolute Gasteiger partial charge is 0.497 e. The first kappa shape index (κ1) is 19.2. The molecule has 0 spiro atoms. The second-order valence-corrected chi connectivity index (χ2v) is 7.56. The van der Waals surface area contributed by atoms with E-state index >= 15 is 0 Å². The Hall–Kier alpha value is -2.60. The van der Waals surface area contributed by atoms with E-state index in [9.17, 15) is 9.59 Å². The number of Topliss-reactive ketones (excluding diaryl/α,β-unsaturated/α-hetero) is 1. The van der Waals surface area contributed by atoms with Gasteiger partial charge in [-0.05, 0) is 49.7 Å². The summed E-state index contributed by atoms with van der Waals surface area (Å²) in [6.07, 6.45) is 0.636. The zero-order chi connectivity index (χ0) is 19.6. The Bertz CT molecular complexity index is 1040. The highest BCUT2D eigenvalue weighted by atomic mass is 32.2. The lowest BCUT2D eigenvalue weighted by Gasteiger charge is -2.16. The van der Waals surface area contributed by atoms with Gasteiger partial charge in [0.15, 0.2) is 10.9 Å². The molecule has 0 saturated carbocycles. The predicted molar refractivity (Wildman–Crippen MR) is 109 cm³/mol. The number of aromatic nitrogens is 2. The fraction of sp³-hybridized carbons (Fsp3) is 0.286. The van der Waals surface area contributed by atoms with Gasteiger partial charge in [0.25, 0.3) is 5.56 Å². The van der Waals surface area contributed by atoms with Gasteiger partial charge in [-0.15, -0.1) is 0 Å². The maximum atomic E-state index is 12.9. The fourth-order valence-electron chi connectivity index (χ4n) is 2.86. The highest BCUT2D eigenvalue weighted by Gasteiger charge is 2.22. The first-order valence-electron chi connectivity index (χ1n) is 8.77. The lowest BCUT2D eigenvalue weighted by molar-refractivity contribution is 0.0988. The summed E-state index contributed by atoms with van der Waals surface area (Å²) < 4.78 is 6.67. The van der Waals surface area contributed by atoms with Crippen molar-refractivity contribution in [2.24, 2.45) is 7.05 Å². The monoisotopic (exact) mass is 382 g/mol. The standard InChI is InChI=1S/C21H22N2O3S/c1-5-18(19(24)14-7-9-15(26-4)10-8-14)27-21-22-17-11-6-13(2)12-16(17)20(25)23(21)3/h6-12,18H,5H2,1-4H3. The topological polar surface area (TPSA) is 61.2 Å². The normalized spacial score (nSPS) is 12.1. The van der Waals surface area contributed by atoms with Crippen LogP contribution in [0.5, 0.6) is 5.75 Å². The summed E-state index contributed by atoms with van der Waals surface area (Å²) in [5.74, 6) is 0.726. The van der Waals surface area contributed by atoms with E-state index in [0.717, 1.165) is 5.56 Å². The van der Waals surface area contributed by atoms with Crippen LogP contribution in [0.25, 0.3) is 10.9 Å². The molecule has 3 rings (SSSR count). The molecule has 27 heavy (non-hydrogen) atoms.